The molecule has 27 heavy (non-hydrogen) atoms. The lowest BCUT2D eigenvalue weighted by atomic mass is 10.1. The van der Waals surface area contributed by atoms with Crippen LogP contribution in [0.3, 0.4) is 0 Å². The maximum Gasteiger partial charge on any atom is 0.257 e. The van der Waals surface area contributed by atoms with Crippen molar-refractivity contribution in [3.63, 3.8) is 0 Å². The molecule has 4 aromatic rings. The van der Waals surface area contributed by atoms with Gasteiger partial charge in [0.25, 0.3) is 5.91 Å². The van der Waals surface area contributed by atoms with Gasteiger partial charge in [0.05, 0.1) is 11.9 Å². The van der Waals surface area contributed by atoms with Crippen molar-refractivity contribution in [2.24, 2.45) is 0 Å². The lowest BCUT2D eigenvalue weighted by Gasteiger charge is -2.07. The Morgan fingerprint density at radius 3 is 2.70 bits per heavy atom. The first-order valence-electron chi connectivity index (χ1n) is 8.59. The van der Waals surface area contributed by atoms with Crippen LogP contribution in [0.15, 0.2) is 66.9 Å². The van der Waals surface area contributed by atoms with Crippen molar-refractivity contribution in [2.75, 3.05) is 0 Å². The summed E-state index contributed by atoms with van der Waals surface area (Å²) in [7, 11) is 0. The van der Waals surface area contributed by atoms with Gasteiger partial charge in [0.2, 0.25) is 5.88 Å². The molecule has 134 valence electrons. The Hall–Kier alpha value is -3.67. The van der Waals surface area contributed by atoms with Crippen LogP contribution >= 0.6 is 0 Å². The van der Waals surface area contributed by atoms with E-state index in [0.29, 0.717) is 23.4 Å². The highest BCUT2D eigenvalue weighted by Crippen LogP contribution is 2.24. The van der Waals surface area contributed by atoms with E-state index in [-0.39, 0.29) is 11.8 Å². The molecule has 0 unspecified atom stereocenters. The predicted molar refractivity (Wildman–Crippen MR) is 102 cm³/mol. The number of aromatic hydroxyl groups is 1. The molecule has 2 aromatic heterocycles. The van der Waals surface area contributed by atoms with Crippen LogP contribution in [-0.4, -0.2) is 25.6 Å². The number of benzene rings is 2. The zero-order valence-corrected chi connectivity index (χ0v) is 14.8. The summed E-state index contributed by atoms with van der Waals surface area (Å²) in [5.41, 5.74) is 4.21. The maximum atomic E-state index is 12.7. The van der Waals surface area contributed by atoms with Gasteiger partial charge in [0.1, 0.15) is 5.56 Å². The standard InChI is InChI=1S/C21H18N4O2/c1-14-6-5-7-15(10-14)12-22-21(27)17-13-23-25-19(26)11-18(24-20(17)25)16-8-3-2-4-9-16/h2-11,13,26H,12H2,1H3,(H,22,27). The van der Waals surface area contributed by atoms with E-state index in [9.17, 15) is 9.90 Å². The Morgan fingerprint density at radius 2 is 1.93 bits per heavy atom. The number of carbonyl (C=O) groups is 1. The molecule has 0 aliphatic rings. The van der Waals surface area contributed by atoms with Gasteiger partial charge in [0, 0.05) is 18.2 Å². The van der Waals surface area contributed by atoms with Crippen molar-refractivity contribution in [1.29, 1.82) is 0 Å². The first kappa shape index (κ1) is 16.8. The molecular weight excluding hydrogens is 340 g/mol. The van der Waals surface area contributed by atoms with Gasteiger partial charge in [0.15, 0.2) is 5.65 Å². The molecule has 0 atom stereocenters. The molecule has 0 aliphatic carbocycles. The smallest absolute Gasteiger partial charge is 0.257 e. The van der Waals surface area contributed by atoms with E-state index >= 15 is 0 Å². The quantitative estimate of drug-likeness (QED) is 0.586. The first-order chi connectivity index (χ1) is 13.1. The molecule has 0 saturated carbocycles. The molecule has 4 rings (SSSR count). The number of nitrogens with one attached hydrogen (secondary N) is 1. The van der Waals surface area contributed by atoms with Gasteiger partial charge >= 0.3 is 0 Å². The van der Waals surface area contributed by atoms with Crippen LogP contribution in [0.5, 0.6) is 5.88 Å². The fourth-order valence-electron chi connectivity index (χ4n) is 2.96. The zero-order chi connectivity index (χ0) is 18.8. The fraction of sp³-hybridized carbons (Fsp3) is 0.0952. The van der Waals surface area contributed by atoms with Crippen LogP contribution in [0.4, 0.5) is 0 Å². The van der Waals surface area contributed by atoms with Crippen molar-refractivity contribution >= 4 is 11.6 Å². The normalized spacial score (nSPS) is 10.9. The third kappa shape index (κ3) is 3.37. The van der Waals surface area contributed by atoms with Crippen LogP contribution in [0.1, 0.15) is 21.5 Å². The lowest BCUT2D eigenvalue weighted by Crippen LogP contribution is -2.22. The zero-order valence-electron chi connectivity index (χ0n) is 14.8. The third-order valence-electron chi connectivity index (χ3n) is 4.30. The Bertz CT molecular complexity index is 1120. The fourth-order valence-corrected chi connectivity index (χ4v) is 2.96. The Labute approximate surface area is 156 Å². The second-order valence-electron chi connectivity index (χ2n) is 6.33. The van der Waals surface area contributed by atoms with Crippen LogP contribution in [0, 0.1) is 6.92 Å². The van der Waals surface area contributed by atoms with Crippen molar-refractivity contribution in [1.82, 2.24) is 19.9 Å². The summed E-state index contributed by atoms with van der Waals surface area (Å²) in [6.45, 7) is 2.41. The summed E-state index contributed by atoms with van der Waals surface area (Å²) in [6.07, 6.45) is 1.42. The molecule has 6 heteroatoms. The predicted octanol–water partition coefficient (Wildman–Crippen LogP) is 3.34. The van der Waals surface area contributed by atoms with E-state index in [0.717, 1.165) is 16.7 Å². The van der Waals surface area contributed by atoms with Gasteiger partial charge in [-0.1, -0.05) is 60.2 Å². The Morgan fingerprint density at radius 1 is 1.11 bits per heavy atom. The molecule has 2 aromatic carbocycles. The van der Waals surface area contributed by atoms with Gasteiger partial charge in [-0.3, -0.25) is 4.79 Å². The molecule has 0 aliphatic heterocycles. The Balaban J connectivity index is 1.65. The minimum atomic E-state index is -0.288. The lowest BCUT2D eigenvalue weighted by molar-refractivity contribution is 0.0952. The monoisotopic (exact) mass is 358 g/mol. The topological polar surface area (TPSA) is 79.5 Å². The number of hydrogen-bond donors (Lipinski definition) is 2. The average molecular weight is 358 g/mol. The van der Waals surface area contributed by atoms with E-state index in [4.69, 9.17) is 0 Å². The molecule has 6 nitrogen and oxygen atoms in total. The van der Waals surface area contributed by atoms with E-state index in [1.54, 1.807) is 0 Å². The number of aromatic nitrogens is 3. The van der Waals surface area contributed by atoms with Gasteiger partial charge in [-0.15, -0.1) is 0 Å². The molecule has 2 N–H and O–H groups in total. The largest absolute Gasteiger partial charge is 0.493 e. The van der Waals surface area contributed by atoms with E-state index in [1.807, 2.05) is 61.5 Å². The second kappa shape index (κ2) is 6.92. The van der Waals surface area contributed by atoms with Crippen molar-refractivity contribution in [3.8, 4) is 17.1 Å². The maximum absolute atomic E-state index is 12.7. The van der Waals surface area contributed by atoms with E-state index in [2.05, 4.69) is 15.4 Å². The first-order valence-corrected chi connectivity index (χ1v) is 8.59. The summed E-state index contributed by atoms with van der Waals surface area (Å²) in [6, 6.07) is 19.0. The molecule has 1 amide bonds. The average Bonchev–Trinajstić information content (AvgIpc) is 3.11. The number of fused-ring (bicyclic) bond motifs is 1. The summed E-state index contributed by atoms with van der Waals surface area (Å²) >= 11 is 0. The van der Waals surface area contributed by atoms with Crippen LogP contribution in [0.25, 0.3) is 16.9 Å². The third-order valence-corrected chi connectivity index (χ3v) is 4.30. The van der Waals surface area contributed by atoms with Crippen molar-refractivity contribution < 1.29 is 9.90 Å². The van der Waals surface area contributed by atoms with E-state index < -0.39 is 0 Å². The molecule has 2 heterocycles. The summed E-state index contributed by atoms with van der Waals surface area (Å²) in [4.78, 5) is 17.2. The van der Waals surface area contributed by atoms with Gasteiger partial charge in [-0.25, -0.2) is 4.98 Å². The van der Waals surface area contributed by atoms with Crippen LogP contribution < -0.4 is 5.32 Å². The molecule has 0 bridgehead atoms. The van der Waals surface area contributed by atoms with Gasteiger partial charge in [-0.05, 0) is 12.5 Å². The molecule has 0 saturated heterocycles. The molecular formula is C21H18N4O2. The van der Waals surface area contributed by atoms with E-state index in [1.165, 1.54) is 16.8 Å². The Kier molecular flexibility index (Phi) is 4.30. The number of hydrogen-bond acceptors (Lipinski definition) is 4. The molecule has 0 fully saturated rings. The summed E-state index contributed by atoms with van der Waals surface area (Å²) in [5.74, 6) is -0.361. The van der Waals surface area contributed by atoms with Crippen molar-refractivity contribution in [3.05, 3.63) is 83.6 Å². The second-order valence-corrected chi connectivity index (χ2v) is 6.33. The van der Waals surface area contributed by atoms with Gasteiger partial charge < -0.3 is 10.4 Å². The highest BCUT2D eigenvalue weighted by molar-refractivity contribution is 5.99. The minimum absolute atomic E-state index is 0.0726. The molecule has 0 radical (unpaired) electrons. The highest BCUT2D eigenvalue weighted by atomic mass is 16.3. The van der Waals surface area contributed by atoms with Crippen LogP contribution in [-0.2, 0) is 6.54 Å². The molecule has 0 spiro atoms. The number of nitrogens with zero attached hydrogens (tertiary/aromatic N) is 3. The number of rotatable bonds is 4. The highest BCUT2D eigenvalue weighted by Gasteiger charge is 2.17. The SMILES string of the molecule is Cc1cccc(CNC(=O)c2cnn3c(O)cc(-c4ccccc4)nc23)c1. The minimum Gasteiger partial charge on any atom is -0.493 e. The van der Waals surface area contributed by atoms with Crippen LogP contribution in [0.2, 0.25) is 0 Å². The number of carbonyl (C=O) groups excluding carboxylic acids is 1. The van der Waals surface area contributed by atoms with Gasteiger partial charge in [-0.2, -0.15) is 9.61 Å². The number of aryl methyl sites for hydroxylation is 1. The number of amides is 1. The summed E-state index contributed by atoms with van der Waals surface area (Å²) < 4.78 is 1.26. The summed E-state index contributed by atoms with van der Waals surface area (Å²) in [5, 5.41) is 17.2. The van der Waals surface area contributed by atoms with Crippen molar-refractivity contribution in [2.45, 2.75) is 13.5 Å².